The monoisotopic (exact) mass is 451 g/mol. The van der Waals surface area contributed by atoms with Crippen LogP contribution in [0.2, 0.25) is 0 Å². The number of morpholine rings is 1. The van der Waals surface area contributed by atoms with Crippen molar-refractivity contribution in [2.75, 3.05) is 64.5 Å². The van der Waals surface area contributed by atoms with Crippen LogP contribution < -0.4 is 9.64 Å². The Hall–Kier alpha value is -2.71. The van der Waals surface area contributed by atoms with Gasteiger partial charge in [0.15, 0.2) is 0 Å². The van der Waals surface area contributed by atoms with Crippen LogP contribution in [0.4, 0.5) is 5.95 Å². The molecule has 33 heavy (non-hydrogen) atoms. The number of methoxy groups -OCH3 is 1. The third-order valence-electron chi connectivity index (χ3n) is 7.40. The van der Waals surface area contributed by atoms with Crippen LogP contribution >= 0.6 is 0 Å². The lowest BCUT2D eigenvalue weighted by molar-refractivity contribution is -0.148. The van der Waals surface area contributed by atoms with Gasteiger partial charge in [-0.25, -0.2) is 9.97 Å². The summed E-state index contributed by atoms with van der Waals surface area (Å²) in [5.74, 6) is 2.12. The van der Waals surface area contributed by atoms with E-state index >= 15 is 0 Å². The maximum atomic E-state index is 14.0. The summed E-state index contributed by atoms with van der Waals surface area (Å²) >= 11 is 0. The number of carbonyl (C=O) groups is 1. The minimum atomic E-state index is -0.398. The van der Waals surface area contributed by atoms with Gasteiger partial charge < -0.3 is 19.3 Å². The van der Waals surface area contributed by atoms with E-state index in [-0.39, 0.29) is 5.92 Å². The molecule has 0 aliphatic carbocycles. The van der Waals surface area contributed by atoms with E-state index in [1.54, 1.807) is 19.5 Å². The number of carbonyl (C=O) groups excluding carboxylic acids is 1. The first kappa shape index (κ1) is 22.1. The molecular formula is C25H33N5O3. The third kappa shape index (κ3) is 4.54. The number of nitrogens with zero attached hydrogens (tertiary/aromatic N) is 5. The Labute approximate surface area is 195 Å². The van der Waals surface area contributed by atoms with Crippen LogP contribution in [0.1, 0.15) is 18.4 Å². The highest BCUT2D eigenvalue weighted by atomic mass is 16.5. The van der Waals surface area contributed by atoms with Crippen LogP contribution in [0.25, 0.3) is 0 Å². The van der Waals surface area contributed by atoms with E-state index in [0.717, 1.165) is 50.7 Å². The topological polar surface area (TPSA) is 71.0 Å². The zero-order valence-electron chi connectivity index (χ0n) is 19.4. The summed E-state index contributed by atoms with van der Waals surface area (Å²) < 4.78 is 10.8. The van der Waals surface area contributed by atoms with Crippen molar-refractivity contribution in [1.82, 2.24) is 19.8 Å². The maximum absolute atomic E-state index is 14.0. The van der Waals surface area contributed by atoms with Gasteiger partial charge in [-0.15, -0.1) is 0 Å². The van der Waals surface area contributed by atoms with Gasteiger partial charge in [-0.1, -0.05) is 12.1 Å². The standard InChI is InChI=1S/C25H33N5O3/c1-32-22-6-4-20(5-7-22)16-28-11-2-8-25(23(31)29-12-14-33-15-13-29)19-30(18-21(25)17-28)24-26-9-3-10-27-24/h3-7,9-10,21H,2,8,11-19H2,1H3/t21-,25-/m1/s1. The van der Waals surface area contributed by atoms with E-state index in [0.29, 0.717) is 38.8 Å². The Kier molecular flexibility index (Phi) is 6.46. The summed E-state index contributed by atoms with van der Waals surface area (Å²) in [6.07, 6.45) is 5.47. The van der Waals surface area contributed by atoms with Crippen molar-refractivity contribution in [1.29, 1.82) is 0 Å². The molecule has 1 aromatic carbocycles. The molecule has 4 heterocycles. The molecule has 1 aromatic heterocycles. The van der Waals surface area contributed by atoms with Crippen molar-refractivity contribution in [2.45, 2.75) is 19.4 Å². The quantitative estimate of drug-likeness (QED) is 0.689. The van der Waals surface area contributed by atoms with Crippen molar-refractivity contribution in [3.63, 3.8) is 0 Å². The van der Waals surface area contributed by atoms with Crippen LogP contribution in [0.3, 0.4) is 0 Å². The van der Waals surface area contributed by atoms with Crippen LogP contribution in [0, 0.1) is 11.3 Å². The molecule has 3 aliphatic rings. The molecule has 176 valence electrons. The van der Waals surface area contributed by atoms with Gasteiger partial charge in [-0.2, -0.15) is 0 Å². The lowest BCUT2D eigenvalue weighted by Crippen LogP contribution is -2.52. The number of aromatic nitrogens is 2. The van der Waals surface area contributed by atoms with Gasteiger partial charge >= 0.3 is 0 Å². The number of anilines is 1. The summed E-state index contributed by atoms with van der Waals surface area (Å²) in [5.41, 5.74) is 0.870. The maximum Gasteiger partial charge on any atom is 0.231 e. The first-order chi connectivity index (χ1) is 16.2. The average Bonchev–Trinajstić information content (AvgIpc) is 3.15. The van der Waals surface area contributed by atoms with E-state index in [1.807, 2.05) is 23.1 Å². The van der Waals surface area contributed by atoms with Crippen molar-refractivity contribution >= 4 is 11.9 Å². The van der Waals surface area contributed by atoms with Crippen molar-refractivity contribution < 1.29 is 14.3 Å². The van der Waals surface area contributed by atoms with Crippen molar-refractivity contribution in [2.24, 2.45) is 11.3 Å². The molecule has 2 atom stereocenters. The number of fused-ring (bicyclic) bond motifs is 1. The van der Waals surface area contributed by atoms with E-state index in [1.165, 1.54) is 5.56 Å². The van der Waals surface area contributed by atoms with Crippen molar-refractivity contribution in [3.8, 4) is 5.75 Å². The summed E-state index contributed by atoms with van der Waals surface area (Å²) in [5, 5.41) is 0. The summed E-state index contributed by atoms with van der Waals surface area (Å²) in [6, 6.07) is 10.1. The van der Waals surface area contributed by atoms with Gasteiger partial charge in [0.25, 0.3) is 0 Å². The largest absolute Gasteiger partial charge is 0.497 e. The molecule has 0 unspecified atom stereocenters. The number of ether oxygens (including phenoxy) is 2. The Morgan fingerprint density at radius 2 is 1.88 bits per heavy atom. The van der Waals surface area contributed by atoms with E-state index in [9.17, 15) is 4.79 Å². The Balaban J connectivity index is 1.39. The number of likely N-dealkylation sites (tertiary alicyclic amines) is 1. The molecule has 0 spiro atoms. The molecule has 5 rings (SSSR count). The Morgan fingerprint density at radius 1 is 1.12 bits per heavy atom. The molecule has 8 heteroatoms. The number of rotatable bonds is 5. The summed E-state index contributed by atoms with van der Waals surface area (Å²) in [6.45, 7) is 6.89. The molecule has 8 nitrogen and oxygen atoms in total. The molecule has 0 radical (unpaired) electrons. The molecule has 3 saturated heterocycles. The average molecular weight is 452 g/mol. The first-order valence-corrected chi connectivity index (χ1v) is 11.9. The molecule has 3 fully saturated rings. The van der Waals surface area contributed by atoms with Gasteiger partial charge in [0.1, 0.15) is 5.75 Å². The zero-order chi connectivity index (χ0) is 22.7. The van der Waals surface area contributed by atoms with E-state index in [2.05, 4.69) is 31.9 Å². The number of hydrogen-bond acceptors (Lipinski definition) is 7. The molecule has 3 aliphatic heterocycles. The minimum Gasteiger partial charge on any atom is -0.497 e. The molecule has 0 bridgehead atoms. The predicted molar refractivity (Wildman–Crippen MR) is 125 cm³/mol. The van der Waals surface area contributed by atoms with Crippen LogP contribution in [0.15, 0.2) is 42.7 Å². The lowest BCUT2D eigenvalue weighted by Gasteiger charge is -2.38. The second-order valence-electron chi connectivity index (χ2n) is 9.37. The van der Waals surface area contributed by atoms with E-state index in [4.69, 9.17) is 9.47 Å². The van der Waals surface area contributed by atoms with Gasteiger partial charge in [0.2, 0.25) is 11.9 Å². The number of benzene rings is 1. The third-order valence-corrected chi connectivity index (χ3v) is 7.40. The molecule has 0 N–H and O–H groups in total. The van der Waals surface area contributed by atoms with Gasteiger partial charge in [0.05, 0.1) is 25.7 Å². The van der Waals surface area contributed by atoms with Crippen molar-refractivity contribution in [3.05, 3.63) is 48.3 Å². The fourth-order valence-electron chi connectivity index (χ4n) is 5.68. The molecule has 1 amide bonds. The molecule has 0 saturated carbocycles. The zero-order valence-corrected chi connectivity index (χ0v) is 19.4. The molecular weight excluding hydrogens is 418 g/mol. The molecule has 2 aromatic rings. The van der Waals surface area contributed by atoms with Crippen LogP contribution in [0.5, 0.6) is 5.75 Å². The summed E-state index contributed by atoms with van der Waals surface area (Å²) in [4.78, 5) is 29.7. The normalized spacial score (nSPS) is 26.0. The Morgan fingerprint density at radius 3 is 2.61 bits per heavy atom. The smallest absolute Gasteiger partial charge is 0.231 e. The second kappa shape index (κ2) is 9.65. The van der Waals surface area contributed by atoms with Crippen LogP contribution in [-0.2, 0) is 16.1 Å². The fraction of sp³-hybridized carbons (Fsp3) is 0.560. The van der Waals surface area contributed by atoms with Crippen LogP contribution in [-0.4, -0.2) is 85.3 Å². The minimum absolute atomic E-state index is 0.234. The highest BCUT2D eigenvalue weighted by Crippen LogP contribution is 2.45. The first-order valence-electron chi connectivity index (χ1n) is 11.9. The summed E-state index contributed by atoms with van der Waals surface area (Å²) in [7, 11) is 1.69. The fourth-order valence-corrected chi connectivity index (χ4v) is 5.68. The van der Waals surface area contributed by atoms with Gasteiger partial charge in [-0.3, -0.25) is 9.69 Å². The SMILES string of the molecule is COc1ccc(CN2CCC[C@@]3(C(=O)N4CCOCC4)CN(c4ncccn4)C[C@H]3C2)cc1. The lowest BCUT2D eigenvalue weighted by atomic mass is 9.73. The highest BCUT2D eigenvalue weighted by Gasteiger charge is 2.54. The van der Waals surface area contributed by atoms with E-state index < -0.39 is 5.41 Å². The number of hydrogen-bond donors (Lipinski definition) is 0. The van der Waals surface area contributed by atoms with Gasteiger partial charge in [-0.05, 0) is 43.1 Å². The highest BCUT2D eigenvalue weighted by molar-refractivity contribution is 5.85. The predicted octanol–water partition coefficient (Wildman–Crippen LogP) is 2.06. The number of amides is 1. The second-order valence-corrected chi connectivity index (χ2v) is 9.37. The van der Waals surface area contributed by atoms with Gasteiger partial charge in [0, 0.05) is 57.6 Å². The Bertz CT molecular complexity index is 935.